The van der Waals surface area contributed by atoms with Crippen molar-refractivity contribution in [2.45, 2.75) is 17.7 Å². The summed E-state index contributed by atoms with van der Waals surface area (Å²) in [6.07, 6.45) is 1.18. The molecule has 0 aliphatic carbocycles. The van der Waals surface area contributed by atoms with Gasteiger partial charge < -0.3 is 0 Å². The highest BCUT2D eigenvalue weighted by Crippen LogP contribution is 2.21. The molecule has 12 heteroatoms. The van der Waals surface area contributed by atoms with E-state index in [-0.39, 0.29) is 30.0 Å². The van der Waals surface area contributed by atoms with Gasteiger partial charge in [-0.2, -0.15) is 8.42 Å². The quantitative estimate of drug-likeness (QED) is 0.400. The van der Waals surface area contributed by atoms with Gasteiger partial charge in [0.05, 0.1) is 17.7 Å². The molecule has 3 N–H and O–H groups in total. The molecule has 0 heterocycles. The van der Waals surface area contributed by atoms with Gasteiger partial charge in [-0.15, -0.1) is 0 Å². The molecule has 0 saturated heterocycles. The smallest absolute Gasteiger partial charge is 0.264 e. The zero-order valence-corrected chi connectivity index (χ0v) is 14.7. The Morgan fingerprint density at radius 1 is 1.00 bits per heavy atom. The van der Waals surface area contributed by atoms with E-state index >= 15 is 0 Å². The van der Waals surface area contributed by atoms with Gasteiger partial charge in [0.15, 0.2) is 0 Å². The van der Waals surface area contributed by atoms with Crippen LogP contribution in [0.3, 0.4) is 0 Å². The fourth-order valence-corrected chi connectivity index (χ4v) is 4.12. The fourth-order valence-electron chi connectivity index (χ4n) is 1.68. The first-order valence-electron chi connectivity index (χ1n) is 6.42. The van der Waals surface area contributed by atoms with Crippen molar-refractivity contribution >= 4 is 35.9 Å². The van der Waals surface area contributed by atoms with Crippen LogP contribution in [-0.2, 0) is 30.2 Å². The van der Waals surface area contributed by atoms with Crippen molar-refractivity contribution in [3.05, 3.63) is 24.3 Å². The van der Waals surface area contributed by atoms with Gasteiger partial charge in [-0.1, -0.05) is 12.1 Å². The lowest BCUT2D eigenvalue weighted by Crippen LogP contribution is -2.26. The van der Waals surface area contributed by atoms with Crippen LogP contribution in [0.1, 0.15) is 12.8 Å². The standard InChI is InChI=1S/C11H18N2O7S3/c1-21(14,15)13-10-6-2-3-7-11(10)23(19,20)12-8-4-5-9-22(16,17)18/h2-3,6-7,12-13H,4-5,8-9H2,1H3,(H,16,17,18). The van der Waals surface area contributed by atoms with Gasteiger partial charge in [-0.25, -0.2) is 21.6 Å². The lowest BCUT2D eigenvalue weighted by molar-refractivity contribution is 0.480. The van der Waals surface area contributed by atoms with E-state index in [9.17, 15) is 25.3 Å². The number of sulfonamides is 2. The molecule has 0 amide bonds. The van der Waals surface area contributed by atoms with E-state index in [4.69, 9.17) is 4.55 Å². The third-order valence-electron chi connectivity index (χ3n) is 2.59. The molecule has 0 aliphatic heterocycles. The van der Waals surface area contributed by atoms with E-state index < -0.39 is 35.9 Å². The molecule has 0 unspecified atom stereocenters. The Bertz CT molecular complexity index is 845. The van der Waals surface area contributed by atoms with Crippen molar-refractivity contribution in [3.63, 3.8) is 0 Å². The van der Waals surface area contributed by atoms with Gasteiger partial charge in [0.1, 0.15) is 4.90 Å². The number of rotatable bonds is 9. The molecule has 1 aromatic rings. The Kier molecular flexibility index (Phi) is 6.53. The minimum atomic E-state index is -4.07. The summed E-state index contributed by atoms with van der Waals surface area (Å²) in [5.41, 5.74) is -0.0829. The van der Waals surface area contributed by atoms with Crippen LogP contribution < -0.4 is 9.44 Å². The number of para-hydroxylation sites is 1. The lowest BCUT2D eigenvalue weighted by atomic mass is 10.3. The molecular weight excluding hydrogens is 368 g/mol. The van der Waals surface area contributed by atoms with Crippen molar-refractivity contribution < 1.29 is 29.8 Å². The second-order valence-electron chi connectivity index (χ2n) is 4.76. The Hall–Kier alpha value is -1.21. The molecule has 9 nitrogen and oxygen atoms in total. The molecule has 0 bridgehead atoms. The Balaban J connectivity index is 2.77. The van der Waals surface area contributed by atoms with Crippen LogP contribution in [0.15, 0.2) is 29.2 Å². The van der Waals surface area contributed by atoms with Crippen molar-refractivity contribution in [2.75, 3.05) is 23.3 Å². The minimum absolute atomic E-state index is 0.0505. The molecular formula is C11H18N2O7S3. The average Bonchev–Trinajstić information content (AvgIpc) is 2.35. The zero-order chi connectivity index (χ0) is 17.7. The number of hydrogen-bond donors (Lipinski definition) is 3. The summed E-state index contributed by atoms with van der Waals surface area (Å²) in [5.74, 6) is -0.457. The highest BCUT2D eigenvalue weighted by atomic mass is 32.2. The van der Waals surface area contributed by atoms with Crippen molar-refractivity contribution in [1.82, 2.24) is 4.72 Å². The molecule has 132 valence electrons. The van der Waals surface area contributed by atoms with Crippen molar-refractivity contribution in [3.8, 4) is 0 Å². The number of nitrogens with one attached hydrogen (secondary N) is 2. The second-order valence-corrected chi connectivity index (χ2v) is 9.82. The lowest BCUT2D eigenvalue weighted by Gasteiger charge is -2.12. The fraction of sp³-hybridized carbons (Fsp3) is 0.455. The second kappa shape index (κ2) is 7.57. The maximum atomic E-state index is 12.2. The highest BCUT2D eigenvalue weighted by Gasteiger charge is 2.19. The largest absolute Gasteiger partial charge is 0.286 e. The molecule has 0 aromatic heterocycles. The average molecular weight is 386 g/mol. The van der Waals surface area contributed by atoms with Crippen molar-refractivity contribution in [2.24, 2.45) is 0 Å². The zero-order valence-electron chi connectivity index (χ0n) is 12.3. The van der Waals surface area contributed by atoms with Crippen LogP contribution in [0.5, 0.6) is 0 Å². The maximum absolute atomic E-state index is 12.2. The molecule has 0 saturated carbocycles. The van der Waals surface area contributed by atoms with Crippen LogP contribution in [0.4, 0.5) is 5.69 Å². The number of unbranched alkanes of at least 4 members (excludes halogenated alkanes) is 1. The molecule has 1 rings (SSSR count). The van der Waals surface area contributed by atoms with Gasteiger partial charge in [0.2, 0.25) is 20.0 Å². The first-order valence-corrected chi connectivity index (χ1v) is 11.4. The third kappa shape index (κ3) is 7.74. The van der Waals surface area contributed by atoms with Gasteiger partial charge in [-0.3, -0.25) is 9.27 Å². The summed E-state index contributed by atoms with van der Waals surface area (Å²) < 4.78 is 80.9. The molecule has 0 fully saturated rings. The Morgan fingerprint density at radius 3 is 2.17 bits per heavy atom. The summed E-state index contributed by atoms with van der Waals surface area (Å²) in [4.78, 5) is -0.236. The van der Waals surface area contributed by atoms with Crippen LogP contribution in [-0.4, -0.2) is 48.4 Å². The SMILES string of the molecule is CS(=O)(=O)Nc1ccccc1S(=O)(=O)NCCCCS(=O)(=O)O. The summed E-state index contributed by atoms with van der Waals surface area (Å²) >= 11 is 0. The van der Waals surface area contributed by atoms with E-state index in [0.717, 1.165) is 6.26 Å². The summed E-state index contributed by atoms with van der Waals surface area (Å²) in [5, 5.41) is 0. The topological polar surface area (TPSA) is 147 Å². The number of benzene rings is 1. The van der Waals surface area contributed by atoms with E-state index in [2.05, 4.69) is 9.44 Å². The van der Waals surface area contributed by atoms with E-state index in [1.54, 1.807) is 0 Å². The van der Waals surface area contributed by atoms with Gasteiger partial charge >= 0.3 is 0 Å². The number of anilines is 1. The molecule has 0 spiro atoms. The van der Waals surface area contributed by atoms with Crippen LogP contribution in [0.2, 0.25) is 0 Å². The predicted molar refractivity (Wildman–Crippen MR) is 85.7 cm³/mol. The minimum Gasteiger partial charge on any atom is -0.286 e. The monoisotopic (exact) mass is 386 g/mol. The molecule has 0 aliphatic rings. The van der Waals surface area contributed by atoms with Crippen LogP contribution >= 0.6 is 0 Å². The maximum Gasteiger partial charge on any atom is 0.264 e. The van der Waals surface area contributed by atoms with Gasteiger partial charge in [-0.05, 0) is 25.0 Å². The molecule has 23 heavy (non-hydrogen) atoms. The van der Waals surface area contributed by atoms with E-state index in [1.165, 1.54) is 24.3 Å². The summed E-state index contributed by atoms with van der Waals surface area (Å²) in [6.45, 7) is -0.0505. The third-order valence-corrected chi connectivity index (χ3v) is 5.51. The number of hydrogen-bond acceptors (Lipinski definition) is 6. The van der Waals surface area contributed by atoms with Gasteiger partial charge in [0.25, 0.3) is 10.1 Å². The first-order chi connectivity index (χ1) is 10.4. The summed E-state index contributed by atoms with van der Waals surface area (Å²) in [6, 6.07) is 5.49. The van der Waals surface area contributed by atoms with Gasteiger partial charge in [0, 0.05) is 6.54 Å². The Labute approximate surface area is 136 Å². The van der Waals surface area contributed by atoms with Crippen molar-refractivity contribution in [1.29, 1.82) is 0 Å². The molecule has 0 radical (unpaired) electrons. The van der Waals surface area contributed by atoms with Crippen LogP contribution in [0.25, 0.3) is 0 Å². The summed E-state index contributed by atoms with van der Waals surface area (Å²) in [7, 11) is -11.7. The first kappa shape index (κ1) is 19.8. The van der Waals surface area contributed by atoms with Crippen LogP contribution in [0, 0.1) is 0 Å². The normalized spacial score (nSPS) is 13.0. The highest BCUT2D eigenvalue weighted by molar-refractivity contribution is 7.92. The molecule has 0 atom stereocenters. The van der Waals surface area contributed by atoms with E-state index in [0.29, 0.717) is 0 Å². The predicted octanol–water partition coefficient (Wildman–Crippen LogP) is 0.00440. The Morgan fingerprint density at radius 2 is 1.61 bits per heavy atom. The van der Waals surface area contributed by atoms with E-state index in [1.807, 2.05) is 0 Å². The molecule has 1 aromatic carbocycles.